The van der Waals surface area contributed by atoms with E-state index >= 15 is 0 Å². The van der Waals surface area contributed by atoms with Crippen LogP contribution in [0.1, 0.15) is 5.56 Å². The molecule has 3 aromatic rings. The highest BCUT2D eigenvalue weighted by Crippen LogP contribution is 2.34. The minimum atomic E-state index is -0.224. The van der Waals surface area contributed by atoms with Crippen LogP contribution < -0.4 is 20.5 Å². The lowest BCUT2D eigenvalue weighted by Gasteiger charge is -2.14. The van der Waals surface area contributed by atoms with Gasteiger partial charge in [0, 0.05) is 28.9 Å². The van der Waals surface area contributed by atoms with Crippen LogP contribution in [0.3, 0.4) is 0 Å². The van der Waals surface area contributed by atoms with Gasteiger partial charge in [0.1, 0.15) is 0 Å². The minimum Gasteiger partial charge on any atom is -0.493 e. The number of aromatic nitrogens is 2. The summed E-state index contributed by atoms with van der Waals surface area (Å²) in [4.78, 5) is 16.7. The number of aromatic amines is 2. The van der Waals surface area contributed by atoms with Crippen molar-refractivity contribution in [2.24, 2.45) is 0 Å². The number of methoxy groups -OCH3 is 2. The second kappa shape index (κ2) is 6.26. The summed E-state index contributed by atoms with van der Waals surface area (Å²) in [5, 5.41) is 3.86. The molecule has 0 aliphatic heterocycles. The van der Waals surface area contributed by atoms with Crippen molar-refractivity contribution in [1.29, 1.82) is 0 Å². The summed E-state index contributed by atoms with van der Waals surface area (Å²) in [5.41, 5.74) is 3.03. The van der Waals surface area contributed by atoms with Crippen LogP contribution in [-0.2, 0) is 6.54 Å². The topological polar surface area (TPSA) is 79.1 Å². The van der Waals surface area contributed by atoms with Gasteiger partial charge in [-0.15, -0.1) is 0 Å². The first-order valence-corrected chi connectivity index (χ1v) is 7.35. The van der Waals surface area contributed by atoms with E-state index in [9.17, 15) is 4.79 Å². The van der Waals surface area contributed by atoms with Gasteiger partial charge in [-0.1, -0.05) is 11.6 Å². The Bertz CT molecular complexity index is 901. The molecule has 6 nitrogen and oxygen atoms in total. The van der Waals surface area contributed by atoms with Crippen LogP contribution >= 0.6 is 11.6 Å². The number of rotatable bonds is 5. The number of ether oxygens (including phenoxy) is 2. The van der Waals surface area contributed by atoms with Gasteiger partial charge in [0.05, 0.1) is 25.3 Å². The maximum absolute atomic E-state index is 11.3. The van der Waals surface area contributed by atoms with Crippen molar-refractivity contribution in [3.63, 3.8) is 0 Å². The van der Waals surface area contributed by atoms with Gasteiger partial charge in [-0.2, -0.15) is 0 Å². The van der Waals surface area contributed by atoms with E-state index in [1.807, 2.05) is 24.3 Å². The molecule has 0 spiro atoms. The molecule has 0 bridgehead atoms. The van der Waals surface area contributed by atoms with Gasteiger partial charge < -0.3 is 24.8 Å². The number of hydrogen-bond acceptors (Lipinski definition) is 4. The molecule has 2 aromatic carbocycles. The van der Waals surface area contributed by atoms with Gasteiger partial charge in [-0.3, -0.25) is 0 Å². The van der Waals surface area contributed by atoms with Gasteiger partial charge in [0.2, 0.25) is 0 Å². The van der Waals surface area contributed by atoms with Crippen molar-refractivity contribution in [3.05, 3.63) is 51.4 Å². The first kappa shape index (κ1) is 15.3. The summed E-state index contributed by atoms with van der Waals surface area (Å²) in [6, 6.07) is 9.13. The van der Waals surface area contributed by atoms with E-state index in [4.69, 9.17) is 21.1 Å². The number of anilines is 1. The quantitative estimate of drug-likeness (QED) is 0.670. The maximum atomic E-state index is 11.3. The van der Waals surface area contributed by atoms with E-state index in [1.54, 1.807) is 20.3 Å². The van der Waals surface area contributed by atoms with E-state index in [0.29, 0.717) is 23.1 Å². The third kappa shape index (κ3) is 3.12. The number of imidazole rings is 1. The molecule has 0 saturated carbocycles. The molecule has 3 N–H and O–H groups in total. The molecule has 0 amide bonds. The second-order valence-corrected chi connectivity index (χ2v) is 5.43. The van der Waals surface area contributed by atoms with Gasteiger partial charge >= 0.3 is 5.69 Å². The molecule has 0 saturated heterocycles. The molecule has 7 heteroatoms. The summed E-state index contributed by atoms with van der Waals surface area (Å²) in [6.07, 6.45) is 0. The molecule has 0 unspecified atom stereocenters. The number of halogens is 1. The van der Waals surface area contributed by atoms with Crippen LogP contribution in [0.2, 0.25) is 5.02 Å². The van der Waals surface area contributed by atoms with Crippen LogP contribution in [0.4, 0.5) is 5.69 Å². The molecule has 3 rings (SSSR count). The lowest BCUT2D eigenvalue weighted by molar-refractivity contribution is 0.352. The first-order valence-electron chi connectivity index (χ1n) is 6.97. The zero-order valence-electron chi connectivity index (χ0n) is 12.7. The third-order valence-corrected chi connectivity index (χ3v) is 3.74. The van der Waals surface area contributed by atoms with Crippen molar-refractivity contribution in [3.8, 4) is 11.5 Å². The predicted molar refractivity (Wildman–Crippen MR) is 90.8 cm³/mol. The Balaban J connectivity index is 1.86. The lowest BCUT2D eigenvalue weighted by Crippen LogP contribution is -2.03. The summed E-state index contributed by atoms with van der Waals surface area (Å²) in [7, 11) is 3.16. The van der Waals surface area contributed by atoms with Crippen molar-refractivity contribution in [1.82, 2.24) is 9.97 Å². The Labute approximate surface area is 137 Å². The van der Waals surface area contributed by atoms with E-state index in [0.717, 1.165) is 22.3 Å². The molecule has 0 radical (unpaired) electrons. The molecule has 0 aliphatic carbocycles. The fourth-order valence-electron chi connectivity index (χ4n) is 2.48. The van der Waals surface area contributed by atoms with Crippen molar-refractivity contribution < 1.29 is 9.47 Å². The van der Waals surface area contributed by atoms with Crippen LogP contribution in [0.5, 0.6) is 11.5 Å². The minimum absolute atomic E-state index is 0.224. The molecular weight excluding hydrogens is 318 g/mol. The Hall–Kier alpha value is -2.60. The first-order chi connectivity index (χ1) is 11.1. The van der Waals surface area contributed by atoms with E-state index < -0.39 is 0 Å². The molecule has 0 aliphatic rings. The zero-order valence-corrected chi connectivity index (χ0v) is 13.5. The van der Waals surface area contributed by atoms with Gasteiger partial charge in [-0.05, 0) is 24.3 Å². The largest absolute Gasteiger partial charge is 0.493 e. The van der Waals surface area contributed by atoms with E-state index in [-0.39, 0.29) is 5.69 Å². The third-order valence-electron chi connectivity index (χ3n) is 3.52. The normalized spacial score (nSPS) is 10.7. The van der Waals surface area contributed by atoms with Gasteiger partial charge in [0.15, 0.2) is 11.5 Å². The Morgan fingerprint density at radius 2 is 1.87 bits per heavy atom. The molecule has 1 aromatic heterocycles. The van der Waals surface area contributed by atoms with Crippen molar-refractivity contribution in [2.75, 3.05) is 19.5 Å². The monoisotopic (exact) mass is 333 g/mol. The number of H-pyrrole nitrogens is 2. The number of benzene rings is 2. The summed E-state index contributed by atoms with van der Waals surface area (Å²) in [6.45, 7) is 0.500. The fourth-order valence-corrected chi connectivity index (χ4v) is 2.71. The molecule has 120 valence electrons. The van der Waals surface area contributed by atoms with Crippen LogP contribution in [-0.4, -0.2) is 24.2 Å². The number of nitrogens with one attached hydrogen (secondary N) is 3. The van der Waals surface area contributed by atoms with Gasteiger partial charge in [-0.25, -0.2) is 4.79 Å². The Morgan fingerprint density at radius 1 is 1.09 bits per heavy atom. The van der Waals surface area contributed by atoms with E-state index in [1.165, 1.54) is 0 Å². The predicted octanol–water partition coefficient (Wildman–Crippen LogP) is 3.14. The SMILES string of the molecule is COc1cc(Cl)cc(CNc2ccc3[nH]c(=O)[nH]c3c2)c1OC. The average Bonchev–Trinajstić information content (AvgIpc) is 2.91. The summed E-state index contributed by atoms with van der Waals surface area (Å²) in [5.74, 6) is 1.22. The molecular formula is C16H16ClN3O3. The lowest BCUT2D eigenvalue weighted by atomic mass is 10.1. The number of hydrogen-bond donors (Lipinski definition) is 3. The molecule has 0 fully saturated rings. The van der Waals surface area contributed by atoms with Crippen molar-refractivity contribution >= 4 is 28.3 Å². The van der Waals surface area contributed by atoms with Crippen LogP contribution in [0.15, 0.2) is 35.1 Å². The van der Waals surface area contributed by atoms with Crippen LogP contribution in [0.25, 0.3) is 11.0 Å². The Morgan fingerprint density at radius 3 is 2.61 bits per heavy atom. The van der Waals surface area contributed by atoms with Crippen molar-refractivity contribution in [2.45, 2.75) is 6.54 Å². The molecule has 0 atom stereocenters. The highest BCUT2D eigenvalue weighted by atomic mass is 35.5. The van der Waals surface area contributed by atoms with Crippen LogP contribution in [0, 0.1) is 0 Å². The zero-order chi connectivity index (χ0) is 16.4. The summed E-state index contributed by atoms with van der Waals surface area (Å²) < 4.78 is 10.7. The standard InChI is InChI=1S/C16H16ClN3O3/c1-22-14-6-10(17)5-9(15(14)23-2)8-18-11-3-4-12-13(7-11)20-16(21)19-12/h3-7,18H,8H2,1-2H3,(H2,19,20,21). The van der Waals surface area contributed by atoms with Gasteiger partial charge in [0.25, 0.3) is 0 Å². The smallest absolute Gasteiger partial charge is 0.323 e. The van der Waals surface area contributed by atoms with E-state index in [2.05, 4.69) is 15.3 Å². The molecule has 1 heterocycles. The Kier molecular flexibility index (Phi) is 4.16. The highest BCUT2D eigenvalue weighted by Gasteiger charge is 2.12. The molecule has 23 heavy (non-hydrogen) atoms. The second-order valence-electron chi connectivity index (χ2n) is 4.99. The average molecular weight is 334 g/mol. The fraction of sp³-hybridized carbons (Fsp3) is 0.188. The number of fused-ring (bicyclic) bond motifs is 1. The summed E-state index contributed by atoms with van der Waals surface area (Å²) >= 11 is 6.11. The maximum Gasteiger partial charge on any atom is 0.323 e. The highest BCUT2D eigenvalue weighted by molar-refractivity contribution is 6.30.